The van der Waals surface area contributed by atoms with E-state index in [1.165, 1.54) is 12.0 Å². The lowest BCUT2D eigenvalue weighted by Gasteiger charge is -2.54. The van der Waals surface area contributed by atoms with E-state index in [4.69, 9.17) is 5.73 Å². The molecule has 2 aliphatic rings. The second-order valence-corrected chi connectivity index (χ2v) is 6.24. The van der Waals surface area contributed by atoms with Gasteiger partial charge in [0.05, 0.1) is 6.61 Å². The number of rotatable bonds is 5. The van der Waals surface area contributed by atoms with Crippen molar-refractivity contribution in [2.45, 2.75) is 31.0 Å². The van der Waals surface area contributed by atoms with Crippen molar-refractivity contribution >= 4 is 5.91 Å². The van der Waals surface area contributed by atoms with Gasteiger partial charge < -0.3 is 10.8 Å². The average molecular weight is 289 g/mol. The Labute approximate surface area is 125 Å². The number of likely N-dealkylation sites (tertiary alicyclic amines) is 2. The third-order valence-corrected chi connectivity index (χ3v) is 4.89. The Kier molecular flexibility index (Phi) is 3.97. The minimum Gasteiger partial charge on any atom is -0.394 e. The average Bonchev–Trinajstić information content (AvgIpc) is 2.83. The zero-order valence-electron chi connectivity index (χ0n) is 12.2. The molecule has 2 aliphatic heterocycles. The van der Waals surface area contributed by atoms with E-state index in [2.05, 4.69) is 29.2 Å². The molecule has 1 aromatic rings. The fraction of sp³-hybridized carbons (Fsp3) is 0.562. The first-order valence-corrected chi connectivity index (χ1v) is 7.58. The van der Waals surface area contributed by atoms with Gasteiger partial charge in [0.2, 0.25) is 5.91 Å². The van der Waals surface area contributed by atoms with Crippen LogP contribution in [-0.2, 0) is 11.3 Å². The molecule has 21 heavy (non-hydrogen) atoms. The maximum atomic E-state index is 11.3. The summed E-state index contributed by atoms with van der Waals surface area (Å²) in [6.07, 6.45) is 2.36. The number of aliphatic hydroxyl groups excluding tert-OH is 1. The lowest BCUT2D eigenvalue weighted by molar-refractivity contribution is -0.133. The standard InChI is InChI=1S/C16H23N3O2/c17-15(21)14(10-20)18-11-16(12-18)7-4-8-19(16)9-13-5-2-1-3-6-13/h1-3,5-6,14,20H,4,7-12H2,(H2,17,21). The third kappa shape index (κ3) is 2.69. The third-order valence-electron chi connectivity index (χ3n) is 4.89. The number of hydrogen-bond donors (Lipinski definition) is 2. The summed E-state index contributed by atoms with van der Waals surface area (Å²) >= 11 is 0. The van der Waals surface area contributed by atoms with E-state index in [1.54, 1.807) is 0 Å². The molecule has 3 N–H and O–H groups in total. The van der Waals surface area contributed by atoms with Gasteiger partial charge in [-0.25, -0.2) is 0 Å². The van der Waals surface area contributed by atoms with E-state index in [-0.39, 0.29) is 12.1 Å². The summed E-state index contributed by atoms with van der Waals surface area (Å²) in [5, 5.41) is 9.31. The summed E-state index contributed by atoms with van der Waals surface area (Å²) in [6.45, 7) is 3.52. The number of amides is 1. The van der Waals surface area contributed by atoms with Gasteiger partial charge in [0, 0.05) is 25.2 Å². The number of aliphatic hydroxyl groups is 1. The van der Waals surface area contributed by atoms with Gasteiger partial charge in [0.1, 0.15) is 6.04 Å². The molecule has 2 heterocycles. The Hall–Kier alpha value is -1.43. The molecule has 5 heteroatoms. The van der Waals surface area contributed by atoms with Gasteiger partial charge in [-0.15, -0.1) is 0 Å². The summed E-state index contributed by atoms with van der Waals surface area (Å²) in [7, 11) is 0. The van der Waals surface area contributed by atoms with Gasteiger partial charge in [-0.05, 0) is 24.9 Å². The fourth-order valence-electron chi connectivity index (χ4n) is 3.72. The molecule has 1 atom stereocenters. The van der Waals surface area contributed by atoms with Crippen molar-refractivity contribution in [3.63, 3.8) is 0 Å². The van der Waals surface area contributed by atoms with Crippen molar-refractivity contribution in [3.05, 3.63) is 35.9 Å². The molecule has 0 radical (unpaired) electrons. The monoisotopic (exact) mass is 289 g/mol. The summed E-state index contributed by atoms with van der Waals surface area (Å²) in [5.41, 5.74) is 6.84. The van der Waals surface area contributed by atoms with E-state index < -0.39 is 11.9 Å². The molecule has 0 saturated carbocycles. The van der Waals surface area contributed by atoms with Gasteiger partial charge in [-0.2, -0.15) is 0 Å². The van der Waals surface area contributed by atoms with Crippen LogP contribution in [0.1, 0.15) is 18.4 Å². The molecule has 5 nitrogen and oxygen atoms in total. The SMILES string of the molecule is NC(=O)C(CO)N1CC2(CCCN2Cc2ccccc2)C1. The Morgan fingerprint density at radius 2 is 2.05 bits per heavy atom. The van der Waals surface area contributed by atoms with Gasteiger partial charge in [0.25, 0.3) is 0 Å². The van der Waals surface area contributed by atoms with Crippen LogP contribution < -0.4 is 5.73 Å². The molecule has 0 bridgehead atoms. The van der Waals surface area contributed by atoms with Crippen LogP contribution in [0.3, 0.4) is 0 Å². The van der Waals surface area contributed by atoms with Crippen LogP contribution in [0.15, 0.2) is 30.3 Å². The number of nitrogens with zero attached hydrogens (tertiary/aromatic N) is 2. The predicted octanol–water partition coefficient (Wildman–Crippen LogP) is 0.183. The zero-order valence-corrected chi connectivity index (χ0v) is 12.2. The Morgan fingerprint density at radius 1 is 1.33 bits per heavy atom. The second-order valence-electron chi connectivity index (χ2n) is 6.24. The molecule has 1 aromatic carbocycles. The van der Waals surface area contributed by atoms with Crippen molar-refractivity contribution in [2.75, 3.05) is 26.2 Å². The molecule has 2 fully saturated rings. The first-order chi connectivity index (χ1) is 10.1. The zero-order chi connectivity index (χ0) is 14.9. The van der Waals surface area contributed by atoms with Crippen molar-refractivity contribution < 1.29 is 9.90 Å². The Balaban J connectivity index is 1.65. The molecule has 0 aromatic heterocycles. The molecular formula is C16H23N3O2. The first-order valence-electron chi connectivity index (χ1n) is 7.58. The number of carbonyl (C=O) groups is 1. The molecule has 2 saturated heterocycles. The van der Waals surface area contributed by atoms with Gasteiger partial charge in [-0.1, -0.05) is 30.3 Å². The summed E-state index contributed by atoms with van der Waals surface area (Å²) < 4.78 is 0. The van der Waals surface area contributed by atoms with Gasteiger partial charge in [-0.3, -0.25) is 14.6 Å². The molecule has 114 valence electrons. The highest BCUT2D eigenvalue weighted by molar-refractivity contribution is 5.80. The number of hydrogen-bond acceptors (Lipinski definition) is 4. The minimum atomic E-state index is -0.533. The summed E-state index contributed by atoms with van der Waals surface area (Å²) in [5.74, 6) is -0.431. The smallest absolute Gasteiger partial charge is 0.237 e. The highest BCUT2D eigenvalue weighted by Crippen LogP contribution is 2.39. The number of carbonyl (C=O) groups excluding carboxylic acids is 1. The van der Waals surface area contributed by atoms with Gasteiger partial charge in [0.15, 0.2) is 0 Å². The quantitative estimate of drug-likeness (QED) is 0.811. The number of primary amides is 1. The maximum absolute atomic E-state index is 11.3. The highest BCUT2D eigenvalue weighted by Gasteiger charge is 2.52. The van der Waals surface area contributed by atoms with E-state index in [9.17, 15) is 9.90 Å². The van der Waals surface area contributed by atoms with Crippen LogP contribution in [0.2, 0.25) is 0 Å². The molecule has 1 amide bonds. The molecular weight excluding hydrogens is 266 g/mol. The van der Waals surface area contributed by atoms with Crippen LogP contribution in [0.5, 0.6) is 0 Å². The topological polar surface area (TPSA) is 69.8 Å². The Bertz CT molecular complexity index is 500. The van der Waals surface area contributed by atoms with Crippen LogP contribution in [0.4, 0.5) is 0 Å². The Morgan fingerprint density at radius 3 is 2.67 bits per heavy atom. The lowest BCUT2D eigenvalue weighted by Crippen LogP contribution is -2.71. The van der Waals surface area contributed by atoms with Crippen molar-refractivity contribution in [1.82, 2.24) is 9.80 Å². The van der Waals surface area contributed by atoms with Gasteiger partial charge >= 0.3 is 0 Å². The van der Waals surface area contributed by atoms with E-state index >= 15 is 0 Å². The van der Waals surface area contributed by atoms with Crippen molar-refractivity contribution in [3.8, 4) is 0 Å². The highest BCUT2D eigenvalue weighted by atomic mass is 16.3. The van der Waals surface area contributed by atoms with Crippen LogP contribution in [0.25, 0.3) is 0 Å². The van der Waals surface area contributed by atoms with Crippen molar-refractivity contribution in [2.24, 2.45) is 5.73 Å². The van der Waals surface area contributed by atoms with E-state index in [1.807, 2.05) is 11.0 Å². The van der Waals surface area contributed by atoms with Crippen molar-refractivity contribution in [1.29, 1.82) is 0 Å². The van der Waals surface area contributed by atoms with E-state index in [0.717, 1.165) is 32.6 Å². The fourth-order valence-corrected chi connectivity index (χ4v) is 3.72. The maximum Gasteiger partial charge on any atom is 0.237 e. The van der Waals surface area contributed by atoms with Crippen LogP contribution >= 0.6 is 0 Å². The van der Waals surface area contributed by atoms with Crippen LogP contribution in [0, 0.1) is 0 Å². The molecule has 1 unspecified atom stereocenters. The second kappa shape index (κ2) is 5.75. The molecule has 1 spiro atoms. The predicted molar refractivity (Wildman–Crippen MR) is 80.5 cm³/mol. The number of nitrogens with two attached hydrogens (primary N) is 1. The lowest BCUT2D eigenvalue weighted by atomic mass is 9.85. The normalized spacial score (nSPS) is 23.1. The number of benzene rings is 1. The summed E-state index contributed by atoms with van der Waals surface area (Å²) in [6, 6.07) is 9.95. The molecule has 0 aliphatic carbocycles. The van der Waals surface area contributed by atoms with Crippen LogP contribution in [-0.4, -0.2) is 58.6 Å². The van der Waals surface area contributed by atoms with E-state index in [0.29, 0.717) is 0 Å². The molecule has 3 rings (SSSR count). The largest absolute Gasteiger partial charge is 0.394 e. The minimum absolute atomic E-state index is 0.165. The first kappa shape index (κ1) is 14.5. The summed E-state index contributed by atoms with van der Waals surface area (Å²) in [4.78, 5) is 15.9.